The van der Waals surface area contributed by atoms with Crippen molar-refractivity contribution in [1.29, 1.82) is 0 Å². The van der Waals surface area contributed by atoms with Crippen LogP contribution in [0.15, 0.2) is 31.4 Å². The summed E-state index contributed by atoms with van der Waals surface area (Å²) in [7, 11) is 1.10. The number of rotatable bonds is 10. The Morgan fingerprint density at radius 3 is 1.90 bits per heavy atom. The van der Waals surface area contributed by atoms with E-state index in [1.54, 1.807) is 0 Å². The van der Waals surface area contributed by atoms with Crippen LogP contribution in [0.25, 0.3) is 28.0 Å². The molecule has 2 saturated carbocycles. The highest BCUT2D eigenvalue weighted by atomic mass is 19.1. The summed E-state index contributed by atoms with van der Waals surface area (Å²) >= 11 is 0. The summed E-state index contributed by atoms with van der Waals surface area (Å²) in [5.74, 6) is -3.92. The van der Waals surface area contributed by atoms with Crippen LogP contribution in [0.4, 0.5) is 20.4 Å². The standard InChI is InChI=1S/C42H50F2N10O7/c1-23(55)59-33-29(27(39(57)58-5)18-28(30(33)43)53-21-49-31-35(45-19-47-37(31)53)51-25-14-10-6-7-11-15-25)34-42(4,61-24(2)56)41(3,44)40(60-34)54-22-50-32-36(46-20-48-38(32)54)52-26-16-12-8-9-13-17-26/h18-22,25-26,34,40H,6-17H2,1-5H3,(H,45,47,51)(H,46,48,52)/t34-,40-,41+,42+/m1/s1. The first-order valence-corrected chi connectivity index (χ1v) is 20.9. The topological polar surface area (TPSA) is 199 Å². The van der Waals surface area contributed by atoms with E-state index in [0.717, 1.165) is 111 Å². The Morgan fingerprint density at radius 2 is 1.34 bits per heavy atom. The van der Waals surface area contributed by atoms with Gasteiger partial charge in [0.1, 0.15) is 25.1 Å². The second kappa shape index (κ2) is 16.9. The molecule has 3 aliphatic rings. The molecule has 19 heteroatoms. The highest BCUT2D eigenvalue weighted by Crippen LogP contribution is 2.59. The van der Waals surface area contributed by atoms with Gasteiger partial charge in [0.05, 0.1) is 24.7 Å². The zero-order valence-corrected chi connectivity index (χ0v) is 34.9. The lowest BCUT2D eigenvalue weighted by Crippen LogP contribution is -2.51. The number of anilines is 2. The molecule has 4 atom stereocenters. The van der Waals surface area contributed by atoms with E-state index < -0.39 is 58.6 Å². The van der Waals surface area contributed by atoms with Crippen LogP contribution < -0.4 is 15.4 Å². The van der Waals surface area contributed by atoms with Crippen LogP contribution in [-0.2, 0) is 23.8 Å². The molecule has 5 heterocycles. The molecule has 1 aromatic carbocycles. The average Bonchev–Trinajstić information content (AvgIpc) is 3.72. The van der Waals surface area contributed by atoms with Crippen molar-refractivity contribution in [3.05, 3.63) is 48.3 Å². The Labute approximate surface area is 350 Å². The van der Waals surface area contributed by atoms with Gasteiger partial charge in [-0.1, -0.05) is 51.4 Å². The summed E-state index contributed by atoms with van der Waals surface area (Å²) in [6.45, 7) is 4.55. The van der Waals surface area contributed by atoms with Crippen molar-refractivity contribution in [2.24, 2.45) is 0 Å². The summed E-state index contributed by atoms with van der Waals surface area (Å²) in [4.78, 5) is 66.4. The minimum Gasteiger partial charge on any atom is -0.465 e. The summed E-state index contributed by atoms with van der Waals surface area (Å²) in [5.41, 5.74) is -5.02. The molecule has 1 aliphatic heterocycles. The van der Waals surface area contributed by atoms with Crippen molar-refractivity contribution in [3.63, 3.8) is 0 Å². The van der Waals surface area contributed by atoms with Crippen LogP contribution in [0.1, 0.15) is 133 Å². The lowest BCUT2D eigenvalue weighted by Gasteiger charge is -2.37. The number of benzene rings is 1. The van der Waals surface area contributed by atoms with E-state index in [1.165, 1.54) is 41.4 Å². The number of carbonyl (C=O) groups excluding carboxylic acids is 3. The summed E-state index contributed by atoms with van der Waals surface area (Å²) < 4.78 is 61.1. The van der Waals surface area contributed by atoms with Crippen LogP contribution in [0, 0.1) is 5.82 Å². The number of aromatic nitrogens is 8. The third-order valence-electron chi connectivity index (χ3n) is 12.3. The minimum absolute atomic E-state index is 0.156. The quantitative estimate of drug-likeness (QED) is 0.0800. The summed E-state index contributed by atoms with van der Waals surface area (Å²) in [6.07, 6.45) is 14.5. The van der Waals surface area contributed by atoms with Gasteiger partial charge in [-0.2, -0.15) is 0 Å². The number of hydrogen-bond donors (Lipinski definition) is 2. The predicted octanol–water partition coefficient (Wildman–Crippen LogP) is 7.40. The second-order valence-electron chi connectivity index (χ2n) is 16.5. The van der Waals surface area contributed by atoms with Crippen molar-refractivity contribution >= 4 is 51.9 Å². The molecule has 61 heavy (non-hydrogen) atoms. The number of methoxy groups -OCH3 is 1. The number of esters is 3. The number of halogens is 2. The number of nitrogens with one attached hydrogen (secondary N) is 2. The molecule has 1 saturated heterocycles. The SMILES string of the molecule is COC(=O)c1cc(-n2cnc3c(NC4CCCCCC4)ncnc32)c(F)c(OC(C)=O)c1[C@H]1O[C@@H](n2cnc3c(NC4CCCCCC4)ncnc32)[C@](C)(F)[C@@]1(C)OC(C)=O. The molecule has 0 amide bonds. The third-order valence-corrected chi connectivity index (χ3v) is 12.3. The third kappa shape index (κ3) is 7.72. The minimum atomic E-state index is -2.65. The van der Waals surface area contributed by atoms with E-state index in [9.17, 15) is 14.4 Å². The van der Waals surface area contributed by atoms with E-state index >= 15 is 8.78 Å². The van der Waals surface area contributed by atoms with Gasteiger partial charge in [-0.25, -0.2) is 43.5 Å². The Kier molecular flexibility index (Phi) is 11.6. The molecular formula is C42H50F2N10O7. The Balaban J connectivity index is 1.26. The molecule has 2 aliphatic carbocycles. The first-order valence-electron chi connectivity index (χ1n) is 20.9. The molecule has 4 aromatic heterocycles. The monoisotopic (exact) mass is 844 g/mol. The Bertz CT molecular complexity index is 2460. The smallest absolute Gasteiger partial charge is 0.338 e. The Morgan fingerprint density at radius 1 is 0.787 bits per heavy atom. The first-order chi connectivity index (χ1) is 29.3. The van der Waals surface area contributed by atoms with Gasteiger partial charge in [0.25, 0.3) is 0 Å². The number of fused-ring (bicyclic) bond motifs is 2. The molecule has 0 unspecified atom stereocenters. The number of imidazole rings is 2. The fourth-order valence-electron chi connectivity index (χ4n) is 9.08. The fourth-order valence-corrected chi connectivity index (χ4v) is 9.08. The van der Waals surface area contributed by atoms with Gasteiger partial charge in [-0.15, -0.1) is 0 Å². The van der Waals surface area contributed by atoms with Gasteiger partial charge in [-0.3, -0.25) is 18.7 Å². The van der Waals surface area contributed by atoms with Gasteiger partial charge in [-0.05, 0) is 45.6 Å². The molecule has 0 spiro atoms. The van der Waals surface area contributed by atoms with Gasteiger partial charge in [0.15, 0.2) is 63.0 Å². The van der Waals surface area contributed by atoms with Gasteiger partial charge in [0, 0.05) is 31.5 Å². The highest BCUT2D eigenvalue weighted by molar-refractivity contribution is 5.94. The maximum Gasteiger partial charge on any atom is 0.338 e. The van der Waals surface area contributed by atoms with Crippen LogP contribution >= 0.6 is 0 Å². The molecule has 8 rings (SSSR count). The number of nitrogens with zero attached hydrogens (tertiary/aromatic N) is 8. The maximum absolute atomic E-state index is 18.0. The largest absolute Gasteiger partial charge is 0.465 e. The lowest BCUT2D eigenvalue weighted by molar-refractivity contribution is -0.174. The molecular weight excluding hydrogens is 795 g/mol. The van der Waals surface area contributed by atoms with E-state index in [0.29, 0.717) is 22.7 Å². The van der Waals surface area contributed by atoms with Gasteiger partial charge in [0.2, 0.25) is 0 Å². The second-order valence-corrected chi connectivity index (χ2v) is 16.5. The number of ether oxygens (including phenoxy) is 4. The van der Waals surface area contributed by atoms with Gasteiger partial charge < -0.3 is 29.6 Å². The van der Waals surface area contributed by atoms with E-state index in [1.807, 2.05) is 0 Å². The summed E-state index contributed by atoms with van der Waals surface area (Å²) in [6, 6.07) is 1.46. The van der Waals surface area contributed by atoms with E-state index in [2.05, 4.69) is 40.5 Å². The highest BCUT2D eigenvalue weighted by Gasteiger charge is 2.68. The molecule has 324 valence electrons. The Hall–Kier alpha value is -5.85. The normalized spacial score (nSPS) is 24.0. The van der Waals surface area contributed by atoms with Crippen LogP contribution in [0.2, 0.25) is 0 Å². The zero-order chi connectivity index (χ0) is 43.1. The summed E-state index contributed by atoms with van der Waals surface area (Å²) in [5, 5.41) is 6.96. The van der Waals surface area contributed by atoms with E-state index in [4.69, 9.17) is 18.9 Å². The van der Waals surface area contributed by atoms with Crippen molar-refractivity contribution in [3.8, 4) is 11.4 Å². The van der Waals surface area contributed by atoms with Crippen LogP contribution in [-0.4, -0.2) is 87.4 Å². The molecule has 0 bridgehead atoms. The average molecular weight is 845 g/mol. The van der Waals surface area contributed by atoms with Crippen molar-refractivity contribution in [2.75, 3.05) is 17.7 Å². The number of hydrogen-bond acceptors (Lipinski definition) is 15. The van der Waals surface area contributed by atoms with Crippen molar-refractivity contribution < 1.29 is 42.1 Å². The van der Waals surface area contributed by atoms with Crippen molar-refractivity contribution in [1.82, 2.24) is 39.0 Å². The predicted molar refractivity (Wildman–Crippen MR) is 217 cm³/mol. The molecule has 17 nitrogen and oxygen atoms in total. The number of alkyl halides is 1. The van der Waals surface area contributed by atoms with E-state index in [-0.39, 0.29) is 34.6 Å². The molecule has 3 fully saturated rings. The van der Waals surface area contributed by atoms with Crippen LogP contribution in [0.3, 0.4) is 0 Å². The molecule has 0 radical (unpaired) electrons. The first kappa shape index (κ1) is 41.9. The molecule has 5 aromatic rings. The lowest BCUT2D eigenvalue weighted by atomic mass is 9.79. The maximum atomic E-state index is 18.0. The molecule has 2 N–H and O–H groups in total. The number of carbonyl (C=O) groups is 3. The van der Waals surface area contributed by atoms with Crippen molar-refractivity contribution in [2.45, 2.75) is 140 Å². The van der Waals surface area contributed by atoms with Crippen LogP contribution in [0.5, 0.6) is 5.75 Å². The van der Waals surface area contributed by atoms with Gasteiger partial charge >= 0.3 is 17.9 Å². The fraction of sp³-hybridized carbons (Fsp3) is 0.548. The zero-order valence-electron chi connectivity index (χ0n) is 34.9.